The zero-order valence-corrected chi connectivity index (χ0v) is 15.6. The minimum absolute atomic E-state index is 0.0460. The van der Waals surface area contributed by atoms with Gasteiger partial charge in [-0.2, -0.15) is 0 Å². The molecule has 3 nitrogen and oxygen atoms in total. The normalized spacial score (nSPS) is 12.8. The third-order valence-corrected chi connectivity index (χ3v) is 5.43. The molecular formula is C20H25NO2S. The van der Waals surface area contributed by atoms with E-state index in [1.165, 1.54) is 11.1 Å². The number of rotatable bonds is 6. The predicted molar refractivity (Wildman–Crippen MR) is 102 cm³/mol. The Hall–Kier alpha value is -1.81. The zero-order chi connectivity index (χ0) is 17.7. The molecule has 4 heteroatoms. The lowest BCUT2D eigenvalue weighted by Crippen LogP contribution is -2.12. The van der Waals surface area contributed by atoms with E-state index in [1.54, 1.807) is 11.8 Å². The maximum atomic E-state index is 11.1. The number of benzene rings is 2. The molecule has 0 N–H and O–H groups in total. The highest BCUT2D eigenvalue weighted by Crippen LogP contribution is 2.34. The molecule has 1 atom stereocenters. The first-order valence-electron chi connectivity index (χ1n) is 8.15. The van der Waals surface area contributed by atoms with Gasteiger partial charge in [0.15, 0.2) is 0 Å². The van der Waals surface area contributed by atoms with Crippen molar-refractivity contribution in [2.45, 2.75) is 44.1 Å². The highest BCUT2D eigenvalue weighted by molar-refractivity contribution is 7.98. The Morgan fingerprint density at radius 2 is 1.71 bits per heavy atom. The lowest BCUT2D eigenvalue weighted by Gasteiger charge is -2.19. The van der Waals surface area contributed by atoms with Gasteiger partial charge in [-0.05, 0) is 34.6 Å². The summed E-state index contributed by atoms with van der Waals surface area (Å²) >= 11 is 1.64. The summed E-state index contributed by atoms with van der Waals surface area (Å²) in [6.45, 7) is 8.56. The molecule has 128 valence electrons. The van der Waals surface area contributed by atoms with E-state index in [1.807, 2.05) is 31.2 Å². The minimum Gasteiger partial charge on any atom is -0.264 e. The van der Waals surface area contributed by atoms with E-state index in [9.17, 15) is 10.1 Å². The van der Waals surface area contributed by atoms with Gasteiger partial charge in [0.1, 0.15) is 0 Å². The van der Waals surface area contributed by atoms with Crippen LogP contribution in [-0.4, -0.2) is 11.5 Å². The smallest absolute Gasteiger partial charge is 0.219 e. The summed E-state index contributed by atoms with van der Waals surface area (Å²) in [7, 11) is 0. The Morgan fingerprint density at radius 3 is 2.25 bits per heavy atom. The molecule has 0 aliphatic heterocycles. The van der Waals surface area contributed by atoms with E-state index in [0.29, 0.717) is 0 Å². The molecule has 0 bridgehead atoms. The molecule has 0 aliphatic carbocycles. The highest BCUT2D eigenvalue weighted by Gasteiger charge is 2.20. The van der Waals surface area contributed by atoms with Crippen LogP contribution in [0.5, 0.6) is 0 Å². The first-order chi connectivity index (χ1) is 11.3. The van der Waals surface area contributed by atoms with Crippen molar-refractivity contribution in [3.05, 3.63) is 80.9 Å². The number of hydrogen-bond donors (Lipinski definition) is 0. The van der Waals surface area contributed by atoms with Crippen molar-refractivity contribution in [3.63, 3.8) is 0 Å². The molecule has 0 aliphatic rings. The van der Waals surface area contributed by atoms with Gasteiger partial charge in [-0.1, -0.05) is 69.3 Å². The second kappa shape index (κ2) is 7.84. The Morgan fingerprint density at radius 1 is 1.08 bits per heavy atom. The van der Waals surface area contributed by atoms with Gasteiger partial charge in [-0.25, -0.2) is 0 Å². The quantitative estimate of drug-likeness (QED) is 0.510. The van der Waals surface area contributed by atoms with Crippen LogP contribution >= 0.6 is 11.8 Å². The summed E-state index contributed by atoms with van der Waals surface area (Å²) in [5, 5.41) is 10.9. The van der Waals surface area contributed by atoms with Gasteiger partial charge in [-0.15, -0.1) is 11.8 Å². The highest BCUT2D eigenvalue weighted by atomic mass is 32.2. The first kappa shape index (κ1) is 18.5. The fourth-order valence-corrected chi connectivity index (χ4v) is 3.88. The van der Waals surface area contributed by atoms with E-state index in [0.717, 1.165) is 16.9 Å². The molecule has 0 unspecified atom stereocenters. The Labute approximate surface area is 148 Å². The average molecular weight is 343 g/mol. The van der Waals surface area contributed by atoms with Gasteiger partial charge in [0.25, 0.3) is 0 Å². The maximum absolute atomic E-state index is 11.1. The monoisotopic (exact) mass is 343 g/mol. The molecule has 0 amide bonds. The summed E-state index contributed by atoms with van der Waals surface area (Å²) in [6.07, 6.45) is 0. The van der Waals surface area contributed by atoms with Crippen molar-refractivity contribution in [2.75, 3.05) is 6.54 Å². The van der Waals surface area contributed by atoms with E-state index in [4.69, 9.17) is 0 Å². The van der Waals surface area contributed by atoms with Crippen LogP contribution in [0.2, 0.25) is 0 Å². The van der Waals surface area contributed by atoms with E-state index >= 15 is 0 Å². The fraction of sp³-hybridized carbons (Fsp3) is 0.400. The zero-order valence-electron chi connectivity index (χ0n) is 14.8. The number of thioether (sulfide) groups is 1. The van der Waals surface area contributed by atoms with Gasteiger partial charge in [-0.3, -0.25) is 10.1 Å². The number of nitrogens with zero attached hydrogens (tertiary/aromatic N) is 1. The lowest BCUT2D eigenvalue weighted by atomic mass is 9.87. The minimum atomic E-state index is -0.215. The van der Waals surface area contributed by atoms with Gasteiger partial charge in [0.05, 0.1) is 5.25 Å². The van der Waals surface area contributed by atoms with Crippen LogP contribution in [0.25, 0.3) is 0 Å². The van der Waals surface area contributed by atoms with Crippen molar-refractivity contribution in [3.8, 4) is 0 Å². The van der Waals surface area contributed by atoms with Gasteiger partial charge < -0.3 is 0 Å². The van der Waals surface area contributed by atoms with Crippen LogP contribution in [0, 0.1) is 17.0 Å². The van der Waals surface area contributed by atoms with E-state index < -0.39 is 0 Å². The van der Waals surface area contributed by atoms with Gasteiger partial charge in [0.2, 0.25) is 6.54 Å². The summed E-state index contributed by atoms with van der Waals surface area (Å²) < 4.78 is 0. The molecule has 0 heterocycles. The third kappa shape index (κ3) is 5.10. The second-order valence-corrected chi connectivity index (χ2v) is 8.31. The molecule has 2 aromatic carbocycles. The molecule has 0 fully saturated rings. The fourth-order valence-electron chi connectivity index (χ4n) is 2.62. The topological polar surface area (TPSA) is 43.1 Å². The largest absolute Gasteiger partial charge is 0.264 e. The van der Waals surface area contributed by atoms with Crippen LogP contribution < -0.4 is 0 Å². The van der Waals surface area contributed by atoms with Gasteiger partial charge >= 0.3 is 0 Å². The SMILES string of the molecule is Cc1ccccc1[C@@H](C[N+](=O)[O-])SCc1ccc(C(C)(C)C)cc1. The molecule has 2 aromatic rings. The van der Waals surface area contributed by atoms with E-state index in [-0.39, 0.29) is 22.1 Å². The van der Waals surface area contributed by atoms with Crippen molar-refractivity contribution in [2.24, 2.45) is 0 Å². The number of nitro groups is 1. The van der Waals surface area contributed by atoms with Crippen LogP contribution in [0.3, 0.4) is 0 Å². The molecule has 0 spiro atoms. The summed E-state index contributed by atoms with van der Waals surface area (Å²) in [6, 6.07) is 16.5. The second-order valence-electron chi connectivity index (χ2n) is 7.12. The number of hydrogen-bond acceptors (Lipinski definition) is 3. The van der Waals surface area contributed by atoms with Gasteiger partial charge in [0, 0.05) is 10.7 Å². The summed E-state index contributed by atoms with van der Waals surface area (Å²) in [5.74, 6) is 0.775. The van der Waals surface area contributed by atoms with Crippen LogP contribution in [0.1, 0.15) is 48.3 Å². The average Bonchev–Trinajstić information content (AvgIpc) is 2.51. The van der Waals surface area contributed by atoms with Crippen molar-refractivity contribution >= 4 is 11.8 Å². The van der Waals surface area contributed by atoms with Crippen LogP contribution in [0.15, 0.2) is 48.5 Å². The first-order valence-corrected chi connectivity index (χ1v) is 9.20. The van der Waals surface area contributed by atoms with Crippen LogP contribution in [-0.2, 0) is 11.2 Å². The summed E-state index contributed by atoms with van der Waals surface area (Å²) in [5.41, 5.74) is 4.82. The standard InChI is InChI=1S/C20H25NO2S/c1-15-7-5-6-8-18(15)19(13-21(22)23)24-14-16-9-11-17(12-10-16)20(2,3)4/h5-12,19H,13-14H2,1-4H3/t19-/m1/s1. The van der Waals surface area contributed by atoms with Crippen molar-refractivity contribution < 1.29 is 4.92 Å². The molecule has 2 rings (SSSR count). The molecule has 0 saturated carbocycles. The molecule has 0 aromatic heterocycles. The molecular weight excluding hydrogens is 318 g/mol. The predicted octanol–water partition coefficient (Wildman–Crippen LogP) is 5.54. The molecule has 0 saturated heterocycles. The Balaban J connectivity index is 2.11. The third-order valence-electron chi connectivity index (χ3n) is 4.12. The van der Waals surface area contributed by atoms with Crippen LogP contribution in [0.4, 0.5) is 0 Å². The Bertz CT molecular complexity index is 690. The number of aryl methyl sites for hydroxylation is 1. The Kier molecular flexibility index (Phi) is 6.05. The van der Waals surface area contributed by atoms with Crippen molar-refractivity contribution in [1.82, 2.24) is 0 Å². The van der Waals surface area contributed by atoms with Crippen molar-refractivity contribution in [1.29, 1.82) is 0 Å². The summed E-state index contributed by atoms with van der Waals surface area (Å²) in [4.78, 5) is 10.8. The maximum Gasteiger partial charge on any atom is 0.219 e. The molecule has 24 heavy (non-hydrogen) atoms. The molecule has 0 radical (unpaired) electrons. The van der Waals surface area contributed by atoms with E-state index in [2.05, 4.69) is 45.0 Å². The lowest BCUT2D eigenvalue weighted by molar-refractivity contribution is -0.479.